The lowest BCUT2D eigenvalue weighted by Gasteiger charge is -2.15. The van der Waals surface area contributed by atoms with Crippen LogP contribution in [0.5, 0.6) is 0 Å². The van der Waals surface area contributed by atoms with Crippen molar-refractivity contribution >= 4 is 5.82 Å². The Morgan fingerprint density at radius 1 is 1.37 bits per heavy atom. The highest BCUT2D eigenvalue weighted by Gasteiger charge is 2.22. The Morgan fingerprint density at radius 2 is 2.21 bits per heavy atom. The van der Waals surface area contributed by atoms with E-state index in [1.165, 1.54) is 32.4 Å². The first-order valence-electron chi connectivity index (χ1n) is 7.52. The van der Waals surface area contributed by atoms with Crippen molar-refractivity contribution in [1.29, 1.82) is 0 Å². The largest absolute Gasteiger partial charge is 0.370 e. The summed E-state index contributed by atoms with van der Waals surface area (Å²) in [7, 11) is 0. The van der Waals surface area contributed by atoms with Gasteiger partial charge in [-0.3, -0.25) is 4.90 Å². The van der Waals surface area contributed by atoms with Gasteiger partial charge in [-0.25, -0.2) is 9.97 Å². The third-order valence-electron chi connectivity index (χ3n) is 3.69. The van der Waals surface area contributed by atoms with E-state index < -0.39 is 0 Å². The lowest BCUT2D eigenvalue weighted by molar-refractivity contribution is 0.305. The molecule has 0 saturated carbocycles. The molecule has 0 aromatic carbocycles. The highest BCUT2D eigenvalue weighted by atomic mass is 15.2. The van der Waals surface area contributed by atoms with Crippen molar-refractivity contribution in [3.8, 4) is 0 Å². The number of nitrogens with one attached hydrogen (secondary N) is 1. The molecule has 2 heterocycles. The fourth-order valence-electron chi connectivity index (χ4n) is 2.87. The van der Waals surface area contributed by atoms with Crippen molar-refractivity contribution in [3.05, 3.63) is 17.6 Å². The number of hydrogen-bond acceptors (Lipinski definition) is 4. The topological polar surface area (TPSA) is 41.1 Å². The van der Waals surface area contributed by atoms with Gasteiger partial charge in [-0.2, -0.15) is 0 Å². The van der Waals surface area contributed by atoms with Crippen molar-refractivity contribution in [2.24, 2.45) is 5.92 Å². The van der Waals surface area contributed by atoms with Crippen LogP contribution in [0.3, 0.4) is 0 Å². The molecule has 1 aromatic heterocycles. The molecule has 1 N–H and O–H groups in total. The lowest BCUT2D eigenvalue weighted by Crippen LogP contribution is -2.22. The minimum absolute atomic E-state index is 0.878. The smallest absolute Gasteiger partial charge is 0.144 e. The molecule has 0 amide bonds. The number of nitrogens with zero attached hydrogens (tertiary/aromatic N) is 3. The summed E-state index contributed by atoms with van der Waals surface area (Å²) in [5, 5.41) is 3.27. The molecule has 0 aliphatic carbocycles. The predicted molar refractivity (Wildman–Crippen MR) is 79.2 cm³/mol. The van der Waals surface area contributed by atoms with Crippen LogP contribution in [0.1, 0.15) is 44.6 Å². The van der Waals surface area contributed by atoms with Gasteiger partial charge >= 0.3 is 0 Å². The molecule has 2 rings (SSSR count). The highest BCUT2D eigenvalue weighted by Crippen LogP contribution is 2.22. The monoisotopic (exact) mass is 262 g/mol. The fourth-order valence-corrected chi connectivity index (χ4v) is 2.87. The molecule has 1 aromatic rings. The highest BCUT2D eigenvalue weighted by molar-refractivity contribution is 5.35. The van der Waals surface area contributed by atoms with Gasteiger partial charge in [0.25, 0.3) is 0 Å². The van der Waals surface area contributed by atoms with E-state index in [-0.39, 0.29) is 0 Å². The zero-order valence-corrected chi connectivity index (χ0v) is 12.4. The molecule has 1 fully saturated rings. The van der Waals surface area contributed by atoms with Gasteiger partial charge in [0, 0.05) is 24.8 Å². The van der Waals surface area contributed by atoms with E-state index in [0.717, 1.165) is 36.3 Å². The minimum atomic E-state index is 0.878. The molecule has 19 heavy (non-hydrogen) atoms. The molecular weight excluding hydrogens is 236 g/mol. The van der Waals surface area contributed by atoms with Crippen LogP contribution in [0.4, 0.5) is 5.82 Å². The van der Waals surface area contributed by atoms with Crippen LogP contribution < -0.4 is 5.32 Å². The normalized spacial score (nSPS) is 19.8. The molecule has 1 aliphatic heterocycles. The Labute approximate surface area is 116 Å². The first-order valence-corrected chi connectivity index (χ1v) is 7.52. The maximum Gasteiger partial charge on any atom is 0.144 e. The zero-order chi connectivity index (χ0) is 13.7. The van der Waals surface area contributed by atoms with Crippen LogP contribution in [-0.4, -0.2) is 34.5 Å². The van der Waals surface area contributed by atoms with Gasteiger partial charge < -0.3 is 5.32 Å². The first kappa shape index (κ1) is 14.3. The van der Waals surface area contributed by atoms with E-state index in [1.54, 1.807) is 0 Å². The third-order valence-corrected chi connectivity index (χ3v) is 3.69. The molecule has 106 valence electrons. The van der Waals surface area contributed by atoms with E-state index in [2.05, 4.69) is 34.0 Å². The number of hydrogen-bond donors (Lipinski definition) is 1. The molecule has 1 saturated heterocycles. The summed E-state index contributed by atoms with van der Waals surface area (Å²) in [5.74, 6) is 2.78. The number of anilines is 1. The standard InChI is InChI=1S/C15H26N4/c1-4-6-13-7-8-19(10-13)11-15-17-12(3)9-14(18-15)16-5-2/h9,13H,4-8,10-11H2,1-3H3,(H,16,17,18). The molecule has 1 atom stereocenters. The summed E-state index contributed by atoms with van der Waals surface area (Å²) in [6.07, 6.45) is 3.98. The van der Waals surface area contributed by atoms with Crippen LogP contribution in [0.15, 0.2) is 6.07 Å². The fraction of sp³-hybridized carbons (Fsp3) is 0.733. The van der Waals surface area contributed by atoms with Crippen LogP contribution in [0, 0.1) is 12.8 Å². The van der Waals surface area contributed by atoms with E-state index in [0.29, 0.717) is 0 Å². The first-order chi connectivity index (χ1) is 9.21. The second-order valence-electron chi connectivity index (χ2n) is 5.52. The quantitative estimate of drug-likeness (QED) is 0.856. The molecule has 4 heteroatoms. The maximum absolute atomic E-state index is 4.59. The summed E-state index contributed by atoms with van der Waals surface area (Å²) in [6, 6.07) is 2.01. The van der Waals surface area contributed by atoms with Crippen LogP contribution >= 0.6 is 0 Å². The van der Waals surface area contributed by atoms with Crippen molar-refractivity contribution in [2.75, 3.05) is 25.0 Å². The predicted octanol–water partition coefficient (Wildman–Crippen LogP) is 2.84. The lowest BCUT2D eigenvalue weighted by atomic mass is 10.0. The number of aromatic nitrogens is 2. The molecule has 1 aliphatic rings. The van der Waals surface area contributed by atoms with Gasteiger partial charge in [0.2, 0.25) is 0 Å². The van der Waals surface area contributed by atoms with Crippen molar-refractivity contribution in [2.45, 2.75) is 46.6 Å². The van der Waals surface area contributed by atoms with Gasteiger partial charge in [0.1, 0.15) is 11.6 Å². The molecule has 1 unspecified atom stereocenters. The average Bonchev–Trinajstić information content (AvgIpc) is 2.76. The van der Waals surface area contributed by atoms with Gasteiger partial charge in [-0.15, -0.1) is 0 Å². The van der Waals surface area contributed by atoms with Crippen molar-refractivity contribution in [3.63, 3.8) is 0 Å². The van der Waals surface area contributed by atoms with E-state index in [9.17, 15) is 0 Å². The van der Waals surface area contributed by atoms with Crippen LogP contribution in [0.25, 0.3) is 0 Å². The summed E-state index contributed by atoms with van der Waals surface area (Å²) >= 11 is 0. The van der Waals surface area contributed by atoms with Crippen molar-refractivity contribution < 1.29 is 0 Å². The van der Waals surface area contributed by atoms with Gasteiger partial charge in [0.15, 0.2) is 0 Å². The third kappa shape index (κ3) is 4.16. The SMILES string of the molecule is CCCC1CCN(Cc2nc(C)cc(NCC)n2)C1. The second-order valence-corrected chi connectivity index (χ2v) is 5.52. The molecule has 0 bridgehead atoms. The summed E-state index contributed by atoms with van der Waals surface area (Å²) < 4.78 is 0. The average molecular weight is 262 g/mol. The Hall–Kier alpha value is -1.16. The number of rotatable bonds is 6. The Morgan fingerprint density at radius 3 is 2.95 bits per heavy atom. The number of likely N-dealkylation sites (tertiary alicyclic amines) is 1. The molecule has 0 spiro atoms. The van der Waals surface area contributed by atoms with E-state index in [4.69, 9.17) is 0 Å². The summed E-state index contributed by atoms with van der Waals surface area (Å²) in [5.41, 5.74) is 1.05. The van der Waals surface area contributed by atoms with E-state index >= 15 is 0 Å². The molecule has 4 nitrogen and oxygen atoms in total. The van der Waals surface area contributed by atoms with Gasteiger partial charge in [0.05, 0.1) is 6.54 Å². The molecule has 0 radical (unpaired) electrons. The Kier molecular flexibility index (Phi) is 5.14. The maximum atomic E-state index is 4.59. The van der Waals surface area contributed by atoms with Crippen LogP contribution in [-0.2, 0) is 6.54 Å². The second kappa shape index (κ2) is 6.85. The Balaban J connectivity index is 1.95. The number of aryl methyl sites for hydroxylation is 1. The van der Waals surface area contributed by atoms with Crippen LogP contribution in [0.2, 0.25) is 0 Å². The summed E-state index contributed by atoms with van der Waals surface area (Å²) in [4.78, 5) is 11.6. The summed E-state index contributed by atoms with van der Waals surface area (Å²) in [6.45, 7) is 10.6. The molecular formula is C15H26N4. The van der Waals surface area contributed by atoms with Crippen molar-refractivity contribution in [1.82, 2.24) is 14.9 Å². The van der Waals surface area contributed by atoms with Gasteiger partial charge in [-0.05, 0) is 39.2 Å². The Bertz CT molecular complexity index is 405. The van der Waals surface area contributed by atoms with E-state index in [1.807, 2.05) is 13.0 Å². The van der Waals surface area contributed by atoms with Gasteiger partial charge in [-0.1, -0.05) is 13.3 Å². The minimum Gasteiger partial charge on any atom is -0.370 e. The zero-order valence-electron chi connectivity index (χ0n) is 12.4.